The third-order valence-electron chi connectivity index (χ3n) is 3.62. The minimum atomic E-state index is -3.59. The average molecular weight is 398 g/mol. The van der Waals surface area contributed by atoms with Gasteiger partial charge in [0.05, 0.1) is 15.4 Å². The molecule has 1 aromatic heterocycles. The highest BCUT2D eigenvalue weighted by Crippen LogP contribution is 2.23. The van der Waals surface area contributed by atoms with Gasteiger partial charge < -0.3 is 4.74 Å². The number of sulfonamides is 1. The van der Waals surface area contributed by atoms with Crippen LogP contribution >= 0.6 is 11.3 Å². The van der Waals surface area contributed by atoms with Crippen LogP contribution in [-0.4, -0.2) is 36.7 Å². The van der Waals surface area contributed by atoms with Crippen molar-refractivity contribution in [1.82, 2.24) is 4.31 Å². The Kier molecular flexibility index (Phi) is 6.46. The number of thiophene rings is 1. The molecule has 1 heterocycles. The van der Waals surface area contributed by atoms with Gasteiger partial charge in [-0.05, 0) is 24.3 Å². The molecule has 1 aromatic carbocycles. The first-order valence-electron chi connectivity index (χ1n) is 7.78. The van der Waals surface area contributed by atoms with Gasteiger partial charge in [0.25, 0.3) is 0 Å². The van der Waals surface area contributed by atoms with Crippen LogP contribution in [0, 0.1) is 10.1 Å². The fourth-order valence-corrected chi connectivity index (χ4v) is 4.41. The molecule has 10 heteroatoms. The van der Waals surface area contributed by atoms with Crippen LogP contribution in [0.3, 0.4) is 0 Å². The normalized spacial score (nSPS) is 11.5. The number of hydrogen-bond acceptors (Lipinski definition) is 7. The van der Waals surface area contributed by atoms with Crippen LogP contribution in [0.2, 0.25) is 0 Å². The third-order valence-corrected chi connectivity index (χ3v) is 6.62. The highest BCUT2D eigenvalue weighted by Gasteiger charge is 2.22. The molecule has 0 aliphatic carbocycles. The molecule has 26 heavy (non-hydrogen) atoms. The molecule has 0 saturated heterocycles. The molecule has 0 saturated carbocycles. The van der Waals surface area contributed by atoms with Crippen molar-refractivity contribution in [2.45, 2.75) is 25.3 Å². The molecular weight excluding hydrogens is 380 g/mol. The summed E-state index contributed by atoms with van der Waals surface area (Å²) in [6.07, 6.45) is 0. The van der Waals surface area contributed by atoms with Crippen LogP contribution < -0.4 is 0 Å². The second-order valence-corrected chi connectivity index (χ2v) is 8.07. The fourth-order valence-electron chi connectivity index (χ4n) is 2.24. The smallest absolute Gasteiger partial charge is 0.338 e. The Bertz CT molecular complexity index is 886. The molecular formula is C16H18N2O6S2. The van der Waals surface area contributed by atoms with E-state index in [2.05, 4.69) is 0 Å². The van der Waals surface area contributed by atoms with Crippen molar-refractivity contribution in [2.24, 2.45) is 0 Å². The van der Waals surface area contributed by atoms with Crippen molar-refractivity contribution in [3.05, 3.63) is 57.0 Å². The van der Waals surface area contributed by atoms with Gasteiger partial charge in [0.15, 0.2) is 0 Å². The van der Waals surface area contributed by atoms with Gasteiger partial charge in [0.2, 0.25) is 10.0 Å². The first-order valence-corrected chi connectivity index (χ1v) is 10.1. The van der Waals surface area contributed by atoms with Crippen LogP contribution in [0.25, 0.3) is 0 Å². The monoisotopic (exact) mass is 398 g/mol. The van der Waals surface area contributed by atoms with E-state index in [4.69, 9.17) is 4.74 Å². The van der Waals surface area contributed by atoms with Gasteiger partial charge in [-0.3, -0.25) is 10.1 Å². The van der Waals surface area contributed by atoms with E-state index in [1.54, 1.807) is 19.2 Å². The van der Waals surface area contributed by atoms with Crippen LogP contribution in [0.5, 0.6) is 0 Å². The minimum absolute atomic E-state index is 0.0259. The summed E-state index contributed by atoms with van der Waals surface area (Å²) in [6.45, 7) is 4.12. The molecule has 8 nitrogen and oxygen atoms in total. The van der Waals surface area contributed by atoms with E-state index in [-0.39, 0.29) is 22.1 Å². The highest BCUT2D eigenvalue weighted by atomic mass is 32.2. The van der Waals surface area contributed by atoms with Crippen LogP contribution in [0.4, 0.5) is 5.00 Å². The van der Waals surface area contributed by atoms with Gasteiger partial charge in [-0.25, -0.2) is 13.2 Å². The lowest BCUT2D eigenvalue weighted by molar-refractivity contribution is -0.380. The van der Waals surface area contributed by atoms with Crippen LogP contribution in [0.1, 0.15) is 29.8 Å². The summed E-state index contributed by atoms with van der Waals surface area (Å²) in [6, 6.07) is 6.83. The molecule has 0 atom stereocenters. The van der Waals surface area contributed by atoms with Crippen molar-refractivity contribution in [3.8, 4) is 0 Å². The van der Waals surface area contributed by atoms with E-state index in [0.717, 1.165) is 11.3 Å². The maximum absolute atomic E-state index is 12.4. The zero-order valence-electron chi connectivity index (χ0n) is 14.2. The molecule has 0 radical (unpaired) electrons. The summed E-state index contributed by atoms with van der Waals surface area (Å²) >= 11 is 0.955. The van der Waals surface area contributed by atoms with Gasteiger partial charge in [-0.1, -0.05) is 25.2 Å². The number of hydrogen-bond donors (Lipinski definition) is 0. The molecule has 0 unspecified atom stereocenters. The van der Waals surface area contributed by atoms with Gasteiger partial charge >= 0.3 is 11.0 Å². The number of benzene rings is 1. The summed E-state index contributed by atoms with van der Waals surface area (Å²) in [5, 5.41) is 12.2. The molecule has 0 aliphatic rings. The van der Waals surface area contributed by atoms with Gasteiger partial charge in [-0.2, -0.15) is 4.31 Å². The maximum atomic E-state index is 12.4. The van der Waals surface area contributed by atoms with Crippen molar-refractivity contribution >= 4 is 32.3 Å². The number of esters is 1. The number of carbonyl (C=O) groups excluding carboxylic acids is 1. The highest BCUT2D eigenvalue weighted by molar-refractivity contribution is 7.89. The first-order chi connectivity index (χ1) is 12.3. The van der Waals surface area contributed by atoms with Crippen molar-refractivity contribution < 1.29 is 22.9 Å². The molecule has 0 N–H and O–H groups in total. The van der Waals surface area contributed by atoms with Crippen molar-refractivity contribution in [3.63, 3.8) is 0 Å². The second kappa shape index (κ2) is 8.39. The SMILES string of the molecule is CCN(CC)S(=O)(=O)c1ccc(C(=O)OCc2csc([N+](=O)[O-])c2)cc1. The topological polar surface area (TPSA) is 107 Å². The third kappa shape index (κ3) is 4.45. The zero-order chi connectivity index (χ0) is 19.3. The Hall–Kier alpha value is -2.30. The quantitative estimate of drug-likeness (QED) is 0.384. The summed E-state index contributed by atoms with van der Waals surface area (Å²) in [5.41, 5.74) is 0.726. The largest absolute Gasteiger partial charge is 0.457 e. The van der Waals surface area contributed by atoms with Crippen LogP contribution in [0.15, 0.2) is 40.6 Å². The van der Waals surface area contributed by atoms with Crippen molar-refractivity contribution in [2.75, 3.05) is 13.1 Å². The van der Waals surface area contributed by atoms with E-state index in [1.165, 1.54) is 34.6 Å². The van der Waals surface area contributed by atoms with E-state index in [9.17, 15) is 23.3 Å². The van der Waals surface area contributed by atoms with E-state index >= 15 is 0 Å². The number of nitro groups is 1. The van der Waals surface area contributed by atoms with E-state index in [0.29, 0.717) is 18.7 Å². The lowest BCUT2D eigenvalue weighted by Gasteiger charge is -2.18. The second-order valence-electron chi connectivity index (χ2n) is 5.24. The predicted octanol–water partition coefficient (Wildman–Crippen LogP) is 3.04. The molecule has 0 fully saturated rings. The number of ether oxygens (including phenoxy) is 1. The van der Waals surface area contributed by atoms with E-state index < -0.39 is 20.9 Å². The van der Waals surface area contributed by atoms with Crippen molar-refractivity contribution in [1.29, 1.82) is 0 Å². The first kappa shape index (κ1) is 20.0. The molecule has 0 amide bonds. The Balaban J connectivity index is 2.05. The Morgan fingerprint density at radius 3 is 2.35 bits per heavy atom. The zero-order valence-corrected chi connectivity index (χ0v) is 15.9. The standard InChI is InChI=1S/C16H18N2O6S2/c1-3-17(4-2)26(22,23)14-7-5-13(6-8-14)16(19)24-10-12-9-15(18(20)21)25-11-12/h5-9,11H,3-4,10H2,1-2H3. The number of rotatable bonds is 8. The molecule has 0 aliphatic heterocycles. The molecule has 0 bridgehead atoms. The number of carbonyl (C=O) groups is 1. The fraction of sp³-hybridized carbons (Fsp3) is 0.312. The van der Waals surface area contributed by atoms with Gasteiger partial charge in [0, 0.05) is 30.1 Å². The lowest BCUT2D eigenvalue weighted by atomic mass is 10.2. The van der Waals surface area contributed by atoms with Gasteiger partial charge in [-0.15, -0.1) is 0 Å². The summed E-state index contributed by atoms with van der Waals surface area (Å²) in [4.78, 5) is 22.3. The average Bonchev–Trinajstić information content (AvgIpc) is 3.10. The maximum Gasteiger partial charge on any atom is 0.338 e. The molecule has 140 valence electrons. The van der Waals surface area contributed by atoms with Crippen LogP contribution in [-0.2, 0) is 21.4 Å². The predicted molar refractivity (Wildman–Crippen MR) is 96.6 cm³/mol. The van der Waals surface area contributed by atoms with E-state index in [1.807, 2.05) is 0 Å². The summed E-state index contributed by atoms with van der Waals surface area (Å²) in [5.74, 6) is -0.634. The lowest BCUT2D eigenvalue weighted by Crippen LogP contribution is -2.30. The Labute approximate surface area is 155 Å². The molecule has 0 spiro atoms. The Morgan fingerprint density at radius 1 is 1.23 bits per heavy atom. The number of nitrogens with zero attached hydrogens (tertiary/aromatic N) is 2. The Morgan fingerprint density at radius 2 is 1.85 bits per heavy atom. The minimum Gasteiger partial charge on any atom is -0.457 e. The summed E-state index contributed by atoms with van der Waals surface area (Å²) < 4.78 is 31.2. The molecule has 2 aromatic rings. The van der Waals surface area contributed by atoms with Gasteiger partial charge in [0.1, 0.15) is 6.61 Å². The molecule has 2 rings (SSSR count). The summed E-state index contributed by atoms with van der Waals surface area (Å²) in [7, 11) is -3.59.